The van der Waals surface area contributed by atoms with Crippen molar-refractivity contribution >= 4 is 17.5 Å². The first-order valence-corrected chi connectivity index (χ1v) is 7.69. The molecule has 3 aromatic rings. The van der Waals surface area contributed by atoms with E-state index in [0.717, 1.165) is 36.7 Å². The molecule has 0 aliphatic rings. The lowest BCUT2D eigenvalue weighted by Gasteiger charge is -2.10. The Morgan fingerprint density at radius 1 is 1.21 bits per heavy atom. The molecule has 0 saturated carbocycles. The number of hydrogen-bond donors (Lipinski definition) is 3. The molecule has 8 heteroatoms. The summed E-state index contributed by atoms with van der Waals surface area (Å²) in [6.07, 6.45) is 4.41. The van der Waals surface area contributed by atoms with Crippen LogP contribution in [0.3, 0.4) is 0 Å². The van der Waals surface area contributed by atoms with Crippen LogP contribution in [0.2, 0.25) is 0 Å². The summed E-state index contributed by atoms with van der Waals surface area (Å²) < 4.78 is 1.79. The van der Waals surface area contributed by atoms with Crippen molar-refractivity contribution in [3.63, 3.8) is 0 Å². The number of rotatable bonds is 7. The van der Waals surface area contributed by atoms with Crippen molar-refractivity contribution in [1.29, 1.82) is 0 Å². The molecule has 3 N–H and O–H groups in total. The Bertz CT molecular complexity index is 789. The van der Waals surface area contributed by atoms with Crippen LogP contribution in [0.15, 0.2) is 42.7 Å². The minimum atomic E-state index is 0.194. The summed E-state index contributed by atoms with van der Waals surface area (Å²) in [5.41, 5.74) is 1.59. The van der Waals surface area contributed by atoms with Crippen molar-refractivity contribution in [3.8, 4) is 5.75 Å². The average Bonchev–Trinajstić information content (AvgIpc) is 3.04. The molecule has 24 heavy (non-hydrogen) atoms. The fourth-order valence-corrected chi connectivity index (χ4v) is 2.24. The van der Waals surface area contributed by atoms with Gasteiger partial charge in [-0.15, -0.1) is 5.10 Å². The first-order valence-electron chi connectivity index (χ1n) is 7.69. The van der Waals surface area contributed by atoms with E-state index in [1.165, 1.54) is 0 Å². The van der Waals surface area contributed by atoms with E-state index in [0.29, 0.717) is 5.95 Å². The van der Waals surface area contributed by atoms with Gasteiger partial charge in [0.1, 0.15) is 11.6 Å². The van der Waals surface area contributed by atoms with Gasteiger partial charge < -0.3 is 15.7 Å². The lowest BCUT2D eigenvalue weighted by Crippen LogP contribution is -2.09. The molecule has 0 bridgehead atoms. The maximum atomic E-state index is 9.52. The molecule has 0 aliphatic heterocycles. The Morgan fingerprint density at radius 3 is 2.92 bits per heavy atom. The van der Waals surface area contributed by atoms with Crippen LogP contribution in [0.25, 0.3) is 0 Å². The van der Waals surface area contributed by atoms with Crippen LogP contribution in [-0.4, -0.2) is 36.6 Å². The van der Waals surface area contributed by atoms with E-state index in [4.69, 9.17) is 0 Å². The minimum Gasteiger partial charge on any atom is -0.508 e. The number of aromatic nitrogens is 5. The number of phenols is 1. The maximum Gasteiger partial charge on any atom is 0.229 e. The Hall–Kier alpha value is -3.16. The number of anilines is 3. The summed E-state index contributed by atoms with van der Waals surface area (Å²) in [5, 5.41) is 23.6. The zero-order valence-corrected chi connectivity index (χ0v) is 13.3. The van der Waals surface area contributed by atoms with Gasteiger partial charge in [0.2, 0.25) is 5.95 Å². The standard InChI is InChI=1S/C16H19N7O/c1-12-10-15(17-6-3-8-23-9-7-18-22-23)21-16(19-12)20-13-4-2-5-14(24)11-13/h2,4-5,7,9-11,24H,3,6,8H2,1H3,(H2,17,19,20,21). The second kappa shape index (κ2) is 7.40. The summed E-state index contributed by atoms with van der Waals surface area (Å²) >= 11 is 0. The zero-order chi connectivity index (χ0) is 16.8. The fourth-order valence-electron chi connectivity index (χ4n) is 2.24. The highest BCUT2D eigenvalue weighted by atomic mass is 16.3. The second-order valence-electron chi connectivity index (χ2n) is 5.34. The molecule has 0 spiro atoms. The Balaban J connectivity index is 1.58. The van der Waals surface area contributed by atoms with Gasteiger partial charge in [-0.05, 0) is 25.5 Å². The number of nitrogens with zero attached hydrogens (tertiary/aromatic N) is 5. The average molecular weight is 325 g/mol. The molecule has 0 amide bonds. The van der Waals surface area contributed by atoms with Gasteiger partial charge in [-0.1, -0.05) is 11.3 Å². The molecule has 0 fully saturated rings. The van der Waals surface area contributed by atoms with Gasteiger partial charge in [-0.25, -0.2) is 4.98 Å². The molecule has 2 aromatic heterocycles. The number of benzene rings is 1. The van der Waals surface area contributed by atoms with Crippen molar-refractivity contribution in [2.75, 3.05) is 17.2 Å². The molecule has 0 saturated heterocycles. The smallest absolute Gasteiger partial charge is 0.229 e. The van der Waals surface area contributed by atoms with Gasteiger partial charge >= 0.3 is 0 Å². The minimum absolute atomic E-state index is 0.194. The first kappa shape index (κ1) is 15.7. The third kappa shape index (κ3) is 4.42. The van der Waals surface area contributed by atoms with Crippen molar-refractivity contribution in [3.05, 3.63) is 48.4 Å². The predicted octanol–water partition coefficient (Wildman–Crippen LogP) is 2.33. The summed E-state index contributed by atoms with van der Waals surface area (Å²) in [6.45, 7) is 3.48. The molecule has 2 heterocycles. The van der Waals surface area contributed by atoms with Gasteiger partial charge in [0.15, 0.2) is 0 Å². The number of aryl methyl sites for hydroxylation is 2. The van der Waals surface area contributed by atoms with Crippen molar-refractivity contribution < 1.29 is 5.11 Å². The lowest BCUT2D eigenvalue weighted by molar-refractivity contribution is 0.475. The van der Waals surface area contributed by atoms with Crippen LogP contribution in [0.1, 0.15) is 12.1 Å². The summed E-state index contributed by atoms with van der Waals surface area (Å²) in [4.78, 5) is 8.80. The second-order valence-corrected chi connectivity index (χ2v) is 5.34. The van der Waals surface area contributed by atoms with Crippen LogP contribution in [0.4, 0.5) is 17.5 Å². The van der Waals surface area contributed by atoms with Gasteiger partial charge in [-0.3, -0.25) is 4.68 Å². The summed E-state index contributed by atoms with van der Waals surface area (Å²) in [6, 6.07) is 8.73. The molecular formula is C16H19N7O. The number of aromatic hydroxyl groups is 1. The molecule has 0 radical (unpaired) electrons. The van der Waals surface area contributed by atoms with Gasteiger partial charge in [0.05, 0.1) is 6.20 Å². The fraction of sp³-hybridized carbons (Fsp3) is 0.250. The molecule has 0 unspecified atom stereocenters. The highest BCUT2D eigenvalue weighted by Gasteiger charge is 2.03. The van der Waals surface area contributed by atoms with E-state index < -0.39 is 0 Å². The molecule has 3 rings (SSSR count). The van der Waals surface area contributed by atoms with E-state index in [1.807, 2.05) is 25.3 Å². The SMILES string of the molecule is Cc1cc(NCCCn2ccnn2)nc(Nc2cccc(O)c2)n1. The highest BCUT2D eigenvalue weighted by molar-refractivity contribution is 5.57. The van der Waals surface area contributed by atoms with Crippen LogP contribution in [0.5, 0.6) is 5.75 Å². The van der Waals surface area contributed by atoms with Crippen molar-refractivity contribution in [2.24, 2.45) is 0 Å². The van der Waals surface area contributed by atoms with Gasteiger partial charge in [0, 0.05) is 42.8 Å². The molecule has 0 atom stereocenters. The van der Waals surface area contributed by atoms with Crippen molar-refractivity contribution in [2.45, 2.75) is 19.9 Å². The van der Waals surface area contributed by atoms with E-state index in [1.54, 1.807) is 29.1 Å². The maximum absolute atomic E-state index is 9.52. The molecule has 8 nitrogen and oxygen atoms in total. The van der Waals surface area contributed by atoms with Crippen LogP contribution >= 0.6 is 0 Å². The van der Waals surface area contributed by atoms with Crippen molar-refractivity contribution in [1.82, 2.24) is 25.0 Å². The van der Waals surface area contributed by atoms with E-state index >= 15 is 0 Å². The molecular weight excluding hydrogens is 306 g/mol. The monoisotopic (exact) mass is 325 g/mol. The number of nitrogens with one attached hydrogen (secondary N) is 2. The molecule has 0 aliphatic carbocycles. The Morgan fingerprint density at radius 2 is 2.12 bits per heavy atom. The predicted molar refractivity (Wildman–Crippen MR) is 91.3 cm³/mol. The van der Waals surface area contributed by atoms with Gasteiger partial charge in [-0.2, -0.15) is 4.98 Å². The third-order valence-corrected chi connectivity index (χ3v) is 3.30. The Labute approximate surface area is 139 Å². The number of phenolic OH excluding ortho intramolecular Hbond substituents is 1. The lowest BCUT2D eigenvalue weighted by atomic mass is 10.3. The topological polar surface area (TPSA) is 101 Å². The summed E-state index contributed by atoms with van der Waals surface area (Å²) in [5.74, 6) is 1.43. The quantitative estimate of drug-likeness (QED) is 0.573. The van der Waals surface area contributed by atoms with Gasteiger partial charge in [0.25, 0.3) is 0 Å². The van der Waals surface area contributed by atoms with E-state index in [9.17, 15) is 5.11 Å². The largest absolute Gasteiger partial charge is 0.508 e. The van der Waals surface area contributed by atoms with E-state index in [2.05, 4.69) is 30.9 Å². The third-order valence-electron chi connectivity index (χ3n) is 3.30. The normalized spacial score (nSPS) is 10.5. The Kier molecular flexibility index (Phi) is 4.85. The zero-order valence-electron chi connectivity index (χ0n) is 13.3. The van der Waals surface area contributed by atoms with Crippen LogP contribution in [0, 0.1) is 6.92 Å². The highest BCUT2D eigenvalue weighted by Crippen LogP contribution is 2.19. The molecule has 1 aromatic carbocycles. The van der Waals surface area contributed by atoms with E-state index in [-0.39, 0.29) is 5.75 Å². The summed E-state index contributed by atoms with van der Waals surface area (Å²) in [7, 11) is 0. The first-order chi connectivity index (χ1) is 11.7. The molecule has 124 valence electrons. The number of hydrogen-bond acceptors (Lipinski definition) is 7. The van der Waals surface area contributed by atoms with Crippen LogP contribution < -0.4 is 10.6 Å². The van der Waals surface area contributed by atoms with Crippen LogP contribution in [-0.2, 0) is 6.54 Å².